The molecule has 0 amide bonds. The fourth-order valence-corrected chi connectivity index (χ4v) is 1.69. The molecule has 0 aliphatic rings. The van der Waals surface area contributed by atoms with Crippen molar-refractivity contribution in [3.05, 3.63) is 29.8 Å². The lowest BCUT2D eigenvalue weighted by Crippen LogP contribution is -2.27. The second-order valence-electron chi connectivity index (χ2n) is 4.03. The maximum atomic E-state index is 11.8. The second kappa shape index (κ2) is 9.28. The summed E-state index contributed by atoms with van der Waals surface area (Å²) in [5.74, 6) is -0.324. The topological polar surface area (TPSA) is 54.3 Å². The number of benzene rings is 1. The molecule has 20 heavy (non-hydrogen) atoms. The van der Waals surface area contributed by atoms with Crippen molar-refractivity contribution < 1.29 is 9.53 Å². The minimum absolute atomic E-state index is 0.324. The molecule has 6 heteroatoms. The molecule has 1 aromatic carbocycles. The van der Waals surface area contributed by atoms with Crippen molar-refractivity contribution in [2.45, 2.75) is 13.8 Å². The molecule has 1 rings (SSSR count). The summed E-state index contributed by atoms with van der Waals surface area (Å²) in [4.78, 5) is 14.0. The minimum atomic E-state index is -0.324. The van der Waals surface area contributed by atoms with Gasteiger partial charge in [-0.3, -0.25) is 0 Å². The maximum Gasteiger partial charge on any atom is 0.338 e. The van der Waals surface area contributed by atoms with Gasteiger partial charge in [-0.2, -0.15) is 5.11 Å². The van der Waals surface area contributed by atoms with E-state index in [1.807, 2.05) is 0 Å². The van der Waals surface area contributed by atoms with Crippen LogP contribution in [0.3, 0.4) is 0 Å². The van der Waals surface area contributed by atoms with Crippen LogP contribution in [0.2, 0.25) is 0 Å². The third-order valence-electron chi connectivity index (χ3n) is 2.86. The van der Waals surface area contributed by atoms with Gasteiger partial charge in [0.15, 0.2) is 0 Å². The van der Waals surface area contributed by atoms with Crippen LogP contribution >= 0.6 is 12.2 Å². The largest absolute Gasteiger partial charge is 0.461 e. The third-order valence-corrected chi connectivity index (χ3v) is 2.95. The molecule has 1 aromatic rings. The van der Waals surface area contributed by atoms with E-state index < -0.39 is 0 Å². The molecule has 0 N–H and O–H groups in total. The summed E-state index contributed by atoms with van der Waals surface area (Å²) in [5, 5.41) is 7.44. The molecule has 0 saturated heterocycles. The highest BCUT2D eigenvalue weighted by Gasteiger charge is 2.07. The van der Waals surface area contributed by atoms with Crippen LogP contribution in [0, 0.1) is 0 Å². The number of hydrogen-bond acceptors (Lipinski definition) is 5. The molecule has 5 nitrogen and oxygen atoms in total. The number of esters is 1. The molecule has 0 saturated carbocycles. The van der Waals surface area contributed by atoms with Crippen molar-refractivity contribution in [1.29, 1.82) is 0 Å². The Morgan fingerprint density at radius 1 is 1.30 bits per heavy atom. The Hall–Kier alpha value is -1.66. The molecule has 108 valence electrons. The van der Waals surface area contributed by atoms with E-state index in [2.05, 4.69) is 41.2 Å². The Labute approximate surface area is 124 Å². The van der Waals surface area contributed by atoms with Gasteiger partial charge in [-0.1, -0.05) is 26.1 Å². The molecule has 0 aromatic heterocycles. The van der Waals surface area contributed by atoms with Gasteiger partial charge >= 0.3 is 5.97 Å². The Kier molecular flexibility index (Phi) is 7.60. The van der Waals surface area contributed by atoms with Crippen LogP contribution in [0.15, 0.2) is 34.5 Å². The van der Waals surface area contributed by atoms with Gasteiger partial charge in [-0.15, -0.1) is 5.11 Å². The zero-order chi connectivity index (χ0) is 14.8. The number of ether oxygens (including phenoxy) is 1. The molecule has 0 unspecified atom stereocenters. The first-order valence-corrected chi connectivity index (χ1v) is 7.02. The highest BCUT2D eigenvalue weighted by molar-refractivity contribution is 7.78. The number of hydrogen-bond donors (Lipinski definition) is 0. The van der Waals surface area contributed by atoms with Gasteiger partial charge in [0.2, 0.25) is 0 Å². The van der Waals surface area contributed by atoms with E-state index in [0.29, 0.717) is 17.9 Å². The van der Waals surface area contributed by atoms with Crippen LogP contribution in [-0.2, 0) is 4.74 Å². The third kappa shape index (κ3) is 5.54. The summed E-state index contributed by atoms with van der Waals surface area (Å²) in [6.07, 6.45) is 0. The second-order valence-corrected chi connectivity index (χ2v) is 4.24. The Bertz CT molecular complexity index is 456. The number of nitrogens with zero attached hydrogens (tertiary/aromatic N) is 3. The van der Waals surface area contributed by atoms with Gasteiger partial charge in [0.25, 0.3) is 0 Å². The van der Waals surface area contributed by atoms with Gasteiger partial charge in [-0.25, -0.2) is 4.79 Å². The monoisotopic (exact) mass is 293 g/mol. The average Bonchev–Trinajstić information content (AvgIpc) is 2.50. The van der Waals surface area contributed by atoms with Gasteiger partial charge in [0.05, 0.1) is 11.3 Å². The average molecular weight is 293 g/mol. The molecule has 0 aliphatic heterocycles. The predicted molar refractivity (Wildman–Crippen MR) is 82.7 cm³/mol. The number of likely N-dealkylation sites (N-methyl/N-ethyl adjacent to an activating group) is 1. The SMILES string of the molecule is CCN(CC)CCOC(=O)c1ccc(N=NC=S)cc1. The highest BCUT2D eigenvalue weighted by atomic mass is 32.1. The standard InChI is InChI=1S/C14H19N3O2S/c1-3-17(4-2)9-10-19-14(18)12-5-7-13(8-6-12)16-15-11-20/h5-8,11H,3-4,9-10H2,1-2H3. The first-order chi connectivity index (χ1) is 9.71. The smallest absolute Gasteiger partial charge is 0.338 e. The lowest BCUT2D eigenvalue weighted by molar-refractivity contribution is 0.0466. The van der Waals surface area contributed by atoms with Crippen molar-refractivity contribution >= 4 is 29.4 Å². The number of thiocarbonyl (C=S) groups is 1. The zero-order valence-electron chi connectivity index (χ0n) is 11.8. The van der Waals surface area contributed by atoms with Crippen LogP contribution in [0.4, 0.5) is 5.69 Å². The van der Waals surface area contributed by atoms with Gasteiger partial charge in [0, 0.05) is 6.54 Å². The van der Waals surface area contributed by atoms with Crippen molar-refractivity contribution in [3.8, 4) is 0 Å². The van der Waals surface area contributed by atoms with Crippen LogP contribution in [-0.4, -0.2) is 42.6 Å². The number of carbonyl (C=O) groups is 1. The zero-order valence-corrected chi connectivity index (χ0v) is 12.6. The Morgan fingerprint density at radius 2 is 1.95 bits per heavy atom. The van der Waals surface area contributed by atoms with Crippen LogP contribution in [0.1, 0.15) is 24.2 Å². The Morgan fingerprint density at radius 3 is 2.50 bits per heavy atom. The van der Waals surface area contributed by atoms with E-state index in [1.165, 1.54) is 5.49 Å². The molecule has 0 spiro atoms. The van der Waals surface area contributed by atoms with Crippen molar-refractivity contribution in [2.75, 3.05) is 26.2 Å². The van der Waals surface area contributed by atoms with Crippen LogP contribution in [0.5, 0.6) is 0 Å². The molecule has 0 heterocycles. The maximum absolute atomic E-state index is 11.8. The summed E-state index contributed by atoms with van der Waals surface area (Å²) >= 11 is 4.54. The molecule has 0 radical (unpaired) electrons. The molecular weight excluding hydrogens is 274 g/mol. The lowest BCUT2D eigenvalue weighted by Gasteiger charge is -2.17. The van der Waals surface area contributed by atoms with Crippen molar-refractivity contribution in [1.82, 2.24) is 4.90 Å². The fraction of sp³-hybridized carbons (Fsp3) is 0.429. The Balaban J connectivity index is 2.47. The van der Waals surface area contributed by atoms with Crippen molar-refractivity contribution in [2.24, 2.45) is 10.2 Å². The predicted octanol–water partition coefficient (Wildman–Crippen LogP) is 3.23. The molecule has 0 aliphatic carbocycles. The van der Waals surface area contributed by atoms with E-state index >= 15 is 0 Å². The number of rotatable bonds is 8. The van der Waals surface area contributed by atoms with E-state index in [0.717, 1.165) is 19.6 Å². The number of azo groups is 1. The van der Waals surface area contributed by atoms with Gasteiger partial charge < -0.3 is 9.64 Å². The van der Waals surface area contributed by atoms with Gasteiger partial charge in [-0.05, 0) is 37.4 Å². The minimum Gasteiger partial charge on any atom is -0.461 e. The normalized spacial score (nSPS) is 10.9. The number of carbonyl (C=O) groups excluding carboxylic acids is 1. The summed E-state index contributed by atoms with van der Waals surface area (Å²) in [6, 6.07) is 6.72. The molecular formula is C14H19N3O2S. The first kappa shape index (κ1) is 16.4. The van der Waals surface area contributed by atoms with Crippen LogP contribution in [0.25, 0.3) is 0 Å². The van der Waals surface area contributed by atoms with E-state index in [4.69, 9.17) is 4.74 Å². The lowest BCUT2D eigenvalue weighted by atomic mass is 10.2. The highest BCUT2D eigenvalue weighted by Crippen LogP contribution is 2.13. The van der Waals surface area contributed by atoms with E-state index in [1.54, 1.807) is 24.3 Å². The summed E-state index contributed by atoms with van der Waals surface area (Å²) in [5.41, 5.74) is 2.34. The summed E-state index contributed by atoms with van der Waals surface area (Å²) in [6.45, 7) is 7.21. The van der Waals surface area contributed by atoms with Gasteiger partial charge in [0.1, 0.15) is 12.1 Å². The first-order valence-electron chi connectivity index (χ1n) is 6.55. The molecule has 0 fully saturated rings. The summed E-state index contributed by atoms with van der Waals surface area (Å²) in [7, 11) is 0. The quantitative estimate of drug-likeness (QED) is 0.419. The van der Waals surface area contributed by atoms with Crippen molar-refractivity contribution in [3.63, 3.8) is 0 Å². The molecule has 0 atom stereocenters. The summed E-state index contributed by atoms with van der Waals surface area (Å²) < 4.78 is 5.23. The molecule has 0 bridgehead atoms. The van der Waals surface area contributed by atoms with E-state index in [9.17, 15) is 4.79 Å². The fourth-order valence-electron chi connectivity index (χ4n) is 1.65. The van der Waals surface area contributed by atoms with E-state index in [-0.39, 0.29) is 5.97 Å². The van der Waals surface area contributed by atoms with Crippen LogP contribution < -0.4 is 0 Å².